The van der Waals surface area contributed by atoms with E-state index in [1.165, 1.54) is 0 Å². The summed E-state index contributed by atoms with van der Waals surface area (Å²) in [4.78, 5) is 16.9. The van der Waals surface area contributed by atoms with Gasteiger partial charge in [0, 0.05) is 11.3 Å². The molecule has 2 aromatic carbocycles. The van der Waals surface area contributed by atoms with Crippen LogP contribution in [0.15, 0.2) is 54.6 Å². The Bertz CT molecular complexity index is 840. The van der Waals surface area contributed by atoms with Gasteiger partial charge in [-0.1, -0.05) is 55.5 Å². The molecule has 5 nitrogen and oxygen atoms in total. The smallest absolute Gasteiger partial charge is 0.246 e. The van der Waals surface area contributed by atoms with Gasteiger partial charge in [-0.2, -0.15) is 5.10 Å². The van der Waals surface area contributed by atoms with E-state index in [2.05, 4.69) is 22.3 Å². The molecule has 0 aliphatic carbocycles. The lowest BCUT2D eigenvalue weighted by Crippen LogP contribution is -2.21. The molecule has 0 radical (unpaired) electrons. The SMILES string of the molecule is CCc1ccccc1NC(=O)Cn1nc(C)nc1-c1ccccc1. The minimum absolute atomic E-state index is 0.113. The van der Waals surface area contributed by atoms with E-state index in [9.17, 15) is 4.79 Å². The molecule has 0 aliphatic rings. The van der Waals surface area contributed by atoms with Gasteiger partial charge in [0.05, 0.1) is 0 Å². The Balaban J connectivity index is 1.80. The summed E-state index contributed by atoms with van der Waals surface area (Å²) in [6.45, 7) is 4.02. The normalized spacial score (nSPS) is 10.6. The van der Waals surface area contributed by atoms with E-state index < -0.39 is 0 Å². The number of carbonyl (C=O) groups excluding carboxylic acids is 1. The summed E-state index contributed by atoms with van der Waals surface area (Å²) in [6, 6.07) is 17.6. The number of aromatic nitrogens is 3. The molecule has 1 aromatic heterocycles. The number of para-hydroxylation sites is 1. The molecule has 122 valence electrons. The lowest BCUT2D eigenvalue weighted by molar-refractivity contribution is -0.116. The second-order valence-electron chi connectivity index (χ2n) is 5.57. The lowest BCUT2D eigenvalue weighted by atomic mass is 10.1. The Hall–Kier alpha value is -2.95. The van der Waals surface area contributed by atoms with Gasteiger partial charge in [-0.3, -0.25) is 4.79 Å². The molecule has 24 heavy (non-hydrogen) atoms. The zero-order chi connectivity index (χ0) is 16.9. The molecule has 0 bridgehead atoms. The van der Waals surface area contributed by atoms with Crippen molar-refractivity contribution in [3.8, 4) is 11.4 Å². The Morgan fingerprint density at radius 1 is 1.08 bits per heavy atom. The number of anilines is 1. The lowest BCUT2D eigenvalue weighted by Gasteiger charge is -2.10. The Labute approximate surface area is 141 Å². The van der Waals surface area contributed by atoms with Crippen molar-refractivity contribution in [1.29, 1.82) is 0 Å². The molecule has 0 atom stereocenters. The van der Waals surface area contributed by atoms with E-state index in [-0.39, 0.29) is 12.5 Å². The number of nitrogens with zero attached hydrogens (tertiary/aromatic N) is 3. The zero-order valence-corrected chi connectivity index (χ0v) is 13.9. The minimum atomic E-state index is -0.113. The molecular formula is C19H20N4O. The second-order valence-corrected chi connectivity index (χ2v) is 5.57. The van der Waals surface area contributed by atoms with Gasteiger partial charge in [0.25, 0.3) is 0 Å². The highest BCUT2D eigenvalue weighted by molar-refractivity contribution is 5.91. The maximum absolute atomic E-state index is 12.4. The van der Waals surface area contributed by atoms with Crippen molar-refractivity contribution in [3.63, 3.8) is 0 Å². The van der Waals surface area contributed by atoms with Crippen molar-refractivity contribution in [1.82, 2.24) is 14.8 Å². The highest BCUT2D eigenvalue weighted by Crippen LogP contribution is 2.18. The van der Waals surface area contributed by atoms with Crippen LogP contribution >= 0.6 is 0 Å². The minimum Gasteiger partial charge on any atom is -0.324 e. The predicted molar refractivity (Wildman–Crippen MR) is 94.6 cm³/mol. The summed E-state index contributed by atoms with van der Waals surface area (Å²) in [5.74, 6) is 1.24. The average Bonchev–Trinajstić information content (AvgIpc) is 2.96. The summed E-state index contributed by atoms with van der Waals surface area (Å²) < 4.78 is 1.65. The number of hydrogen-bond acceptors (Lipinski definition) is 3. The number of carbonyl (C=O) groups is 1. The molecule has 5 heteroatoms. The molecular weight excluding hydrogens is 300 g/mol. The van der Waals surface area contributed by atoms with Crippen LogP contribution in [0.3, 0.4) is 0 Å². The van der Waals surface area contributed by atoms with Crippen molar-refractivity contribution in [3.05, 3.63) is 66.0 Å². The highest BCUT2D eigenvalue weighted by Gasteiger charge is 2.13. The first kappa shape index (κ1) is 15.9. The van der Waals surface area contributed by atoms with Crippen LogP contribution in [0.25, 0.3) is 11.4 Å². The third kappa shape index (κ3) is 3.51. The molecule has 0 unspecified atom stereocenters. The predicted octanol–water partition coefficient (Wildman–Crippen LogP) is 3.45. The number of benzene rings is 2. The van der Waals surface area contributed by atoms with Gasteiger partial charge in [-0.05, 0) is 25.0 Å². The first-order valence-corrected chi connectivity index (χ1v) is 8.02. The largest absolute Gasteiger partial charge is 0.324 e. The standard InChI is InChI=1S/C19H20N4O/c1-3-15-9-7-8-12-17(15)21-18(24)13-23-19(20-14(2)22-23)16-10-5-4-6-11-16/h4-12H,3,13H2,1-2H3,(H,21,24). The topological polar surface area (TPSA) is 59.8 Å². The van der Waals surface area contributed by atoms with Crippen LogP contribution in [0.4, 0.5) is 5.69 Å². The maximum Gasteiger partial charge on any atom is 0.246 e. The van der Waals surface area contributed by atoms with Crippen LogP contribution < -0.4 is 5.32 Å². The van der Waals surface area contributed by atoms with Crippen LogP contribution in [0, 0.1) is 6.92 Å². The van der Waals surface area contributed by atoms with Gasteiger partial charge in [0.2, 0.25) is 5.91 Å². The first-order chi connectivity index (χ1) is 11.7. The van der Waals surface area contributed by atoms with Crippen molar-refractivity contribution in [2.24, 2.45) is 0 Å². The van der Waals surface area contributed by atoms with Crippen molar-refractivity contribution >= 4 is 11.6 Å². The Morgan fingerprint density at radius 2 is 1.79 bits per heavy atom. The van der Waals surface area contributed by atoms with E-state index in [1.807, 2.05) is 61.5 Å². The maximum atomic E-state index is 12.4. The van der Waals surface area contributed by atoms with Gasteiger partial charge in [-0.25, -0.2) is 9.67 Å². The summed E-state index contributed by atoms with van der Waals surface area (Å²) in [5.41, 5.74) is 2.91. The van der Waals surface area contributed by atoms with Crippen LogP contribution in [0.5, 0.6) is 0 Å². The Morgan fingerprint density at radius 3 is 2.54 bits per heavy atom. The van der Waals surface area contributed by atoms with E-state index in [0.717, 1.165) is 23.2 Å². The molecule has 0 saturated carbocycles. The van der Waals surface area contributed by atoms with Gasteiger partial charge in [0.1, 0.15) is 12.4 Å². The van der Waals surface area contributed by atoms with Gasteiger partial charge in [-0.15, -0.1) is 0 Å². The van der Waals surface area contributed by atoms with Crippen LogP contribution in [-0.4, -0.2) is 20.7 Å². The van der Waals surface area contributed by atoms with Gasteiger partial charge >= 0.3 is 0 Å². The summed E-state index contributed by atoms with van der Waals surface area (Å²) in [7, 11) is 0. The summed E-state index contributed by atoms with van der Waals surface area (Å²) in [5, 5.41) is 7.33. The molecule has 1 N–H and O–H groups in total. The van der Waals surface area contributed by atoms with Crippen molar-refractivity contribution < 1.29 is 4.79 Å². The number of amides is 1. The summed E-state index contributed by atoms with van der Waals surface area (Å²) >= 11 is 0. The average molecular weight is 320 g/mol. The van der Waals surface area contributed by atoms with Gasteiger partial charge in [0.15, 0.2) is 5.82 Å². The van der Waals surface area contributed by atoms with Crippen LogP contribution in [0.1, 0.15) is 18.3 Å². The third-order valence-corrected chi connectivity index (χ3v) is 3.78. The number of nitrogens with one attached hydrogen (secondary N) is 1. The molecule has 0 spiro atoms. The Kier molecular flexibility index (Phi) is 4.70. The van der Waals surface area contributed by atoms with Crippen molar-refractivity contribution in [2.45, 2.75) is 26.8 Å². The number of hydrogen-bond donors (Lipinski definition) is 1. The van der Waals surface area contributed by atoms with Crippen LogP contribution in [-0.2, 0) is 17.8 Å². The molecule has 3 rings (SSSR count). The molecule has 1 heterocycles. The van der Waals surface area contributed by atoms with Crippen molar-refractivity contribution in [2.75, 3.05) is 5.32 Å². The van der Waals surface area contributed by atoms with E-state index in [1.54, 1.807) is 4.68 Å². The fraction of sp³-hybridized carbons (Fsp3) is 0.211. The third-order valence-electron chi connectivity index (χ3n) is 3.78. The van der Waals surface area contributed by atoms with Crippen LogP contribution in [0.2, 0.25) is 0 Å². The molecule has 0 saturated heterocycles. The quantitative estimate of drug-likeness (QED) is 0.783. The second kappa shape index (κ2) is 7.08. The zero-order valence-electron chi connectivity index (χ0n) is 13.9. The number of aryl methyl sites for hydroxylation is 2. The van der Waals surface area contributed by atoms with Gasteiger partial charge < -0.3 is 5.32 Å². The first-order valence-electron chi connectivity index (χ1n) is 8.02. The molecule has 0 aliphatic heterocycles. The fourth-order valence-corrected chi connectivity index (χ4v) is 2.64. The monoisotopic (exact) mass is 320 g/mol. The van der Waals surface area contributed by atoms with E-state index in [0.29, 0.717) is 11.6 Å². The molecule has 1 amide bonds. The fourth-order valence-electron chi connectivity index (χ4n) is 2.64. The molecule has 3 aromatic rings. The van der Waals surface area contributed by atoms with E-state index >= 15 is 0 Å². The molecule has 0 fully saturated rings. The highest BCUT2D eigenvalue weighted by atomic mass is 16.2. The van der Waals surface area contributed by atoms with E-state index in [4.69, 9.17) is 0 Å². The number of rotatable bonds is 5. The summed E-state index contributed by atoms with van der Waals surface area (Å²) in [6.07, 6.45) is 0.869.